The van der Waals surface area contributed by atoms with Crippen LogP contribution in [0.4, 0.5) is 0 Å². The van der Waals surface area contributed by atoms with Crippen molar-refractivity contribution in [2.24, 2.45) is 0 Å². The first-order valence-electron chi connectivity index (χ1n) is 7.73. The highest BCUT2D eigenvalue weighted by atomic mass is 16.1. The summed E-state index contributed by atoms with van der Waals surface area (Å²) in [4.78, 5) is 20.8. The highest BCUT2D eigenvalue weighted by Gasteiger charge is 2.18. The predicted molar refractivity (Wildman–Crippen MR) is 86.5 cm³/mol. The minimum absolute atomic E-state index is 0.00614. The average molecular weight is 307 g/mol. The number of carbonyl (C=O) groups excluding carboxylic acids is 1. The van der Waals surface area contributed by atoms with Gasteiger partial charge in [0.2, 0.25) is 0 Å². The zero-order valence-electron chi connectivity index (χ0n) is 12.9. The summed E-state index contributed by atoms with van der Waals surface area (Å²) >= 11 is 0. The van der Waals surface area contributed by atoms with Gasteiger partial charge in [0.25, 0.3) is 5.91 Å². The second-order valence-corrected chi connectivity index (χ2v) is 5.53. The van der Waals surface area contributed by atoms with Crippen molar-refractivity contribution in [3.63, 3.8) is 0 Å². The lowest BCUT2D eigenvalue weighted by molar-refractivity contribution is 0.0946. The van der Waals surface area contributed by atoms with Gasteiger partial charge in [-0.3, -0.25) is 9.36 Å². The highest BCUT2D eigenvalue weighted by molar-refractivity contribution is 5.97. The summed E-state index contributed by atoms with van der Waals surface area (Å²) in [6, 6.07) is 6.00. The number of benzene rings is 1. The zero-order valence-corrected chi connectivity index (χ0v) is 12.9. The van der Waals surface area contributed by atoms with Crippen LogP contribution in [0.2, 0.25) is 0 Å². The Morgan fingerprint density at radius 2 is 2.26 bits per heavy atom. The molecule has 3 aromatic rings. The monoisotopic (exact) mass is 307 g/mol. The second kappa shape index (κ2) is 5.39. The number of nitrogens with zero attached hydrogens (tertiary/aromatic N) is 4. The van der Waals surface area contributed by atoms with Gasteiger partial charge in [-0.2, -0.15) is 0 Å². The van der Waals surface area contributed by atoms with E-state index < -0.39 is 0 Å². The van der Waals surface area contributed by atoms with Gasteiger partial charge in [0.05, 0.1) is 12.5 Å². The van der Waals surface area contributed by atoms with Gasteiger partial charge >= 0.3 is 0 Å². The number of hydrogen-bond donors (Lipinski definition) is 1. The number of rotatable bonds is 3. The molecular weight excluding hydrogens is 290 g/mol. The molecule has 1 N–H and O–H groups in total. The van der Waals surface area contributed by atoms with Gasteiger partial charge in [0.1, 0.15) is 5.69 Å². The molecule has 1 aliphatic rings. The molecule has 2 aromatic heterocycles. The van der Waals surface area contributed by atoms with Crippen LogP contribution in [0.25, 0.3) is 17.2 Å². The van der Waals surface area contributed by atoms with E-state index in [0.29, 0.717) is 6.54 Å². The number of nitrogens with one attached hydrogen (secondary N) is 1. The van der Waals surface area contributed by atoms with Crippen LogP contribution in [-0.2, 0) is 13.0 Å². The molecular formula is C17H17N5O. The maximum absolute atomic E-state index is 12.1. The number of aromatic nitrogens is 4. The van der Waals surface area contributed by atoms with E-state index in [0.717, 1.165) is 41.3 Å². The van der Waals surface area contributed by atoms with Crippen molar-refractivity contribution in [2.75, 3.05) is 6.54 Å². The summed E-state index contributed by atoms with van der Waals surface area (Å²) in [6.45, 7) is 3.60. The van der Waals surface area contributed by atoms with Crippen molar-refractivity contribution in [1.82, 2.24) is 24.4 Å². The number of aryl methyl sites for hydroxylation is 1. The molecule has 0 bridgehead atoms. The smallest absolute Gasteiger partial charge is 0.251 e. The minimum atomic E-state index is -0.00614. The summed E-state index contributed by atoms with van der Waals surface area (Å²) < 4.78 is 4.04. The molecule has 1 aliphatic heterocycles. The Bertz CT molecular complexity index is 877. The van der Waals surface area contributed by atoms with Gasteiger partial charge in [-0.25, -0.2) is 9.97 Å². The molecule has 4 rings (SSSR count). The maximum atomic E-state index is 12.1. The summed E-state index contributed by atoms with van der Waals surface area (Å²) in [6.07, 6.45) is 8.16. The van der Waals surface area contributed by atoms with E-state index in [1.807, 2.05) is 39.7 Å². The van der Waals surface area contributed by atoms with Gasteiger partial charge in [0.15, 0.2) is 5.82 Å². The summed E-state index contributed by atoms with van der Waals surface area (Å²) in [7, 11) is 0. The number of hydrogen-bond acceptors (Lipinski definition) is 3. The molecule has 0 saturated carbocycles. The van der Waals surface area contributed by atoms with E-state index in [2.05, 4.69) is 22.2 Å². The molecule has 3 heterocycles. The molecule has 0 atom stereocenters. The predicted octanol–water partition coefficient (Wildman–Crippen LogP) is 2.04. The standard InChI is InChI=1S/C17H17N5O/c1-2-21-11-18-10-15(21)16-19-7-8-22(16)13-4-3-12-5-6-20-17(23)14(12)9-13/h3-4,7-11H,2,5-6H2,1H3,(H,20,23). The third-order valence-corrected chi connectivity index (χ3v) is 4.22. The zero-order chi connectivity index (χ0) is 15.8. The lowest BCUT2D eigenvalue weighted by Crippen LogP contribution is -2.31. The van der Waals surface area contributed by atoms with Crippen molar-refractivity contribution in [1.29, 1.82) is 0 Å². The quantitative estimate of drug-likeness (QED) is 0.805. The first kappa shape index (κ1) is 13.8. The molecule has 6 heteroatoms. The molecule has 1 amide bonds. The fraction of sp³-hybridized carbons (Fsp3) is 0.235. The Labute approximate surface area is 133 Å². The molecule has 0 saturated heterocycles. The lowest BCUT2D eigenvalue weighted by atomic mass is 10.00. The van der Waals surface area contributed by atoms with Crippen LogP contribution >= 0.6 is 0 Å². The Morgan fingerprint density at radius 3 is 3.13 bits per heavy atom. The highest BCUT2D eigenvalue weighted by Crippen LogP contribution is 2.24. The minimum Gasteiger partial charge on any atom is -0.352 e. The van der Waals surface area contributed by atoms with Crippen molar-refractivity contribution in [3.8, 4) is 17.2 Å². The normalized spacial score (nSPS) is 13.7. The third-order valence-electron chi connectivity index (χ3n) is 4.22. The van der Waals surface area contributed by atoms with Gasteiger partial charge in [-0.1, -0.05) is 6.07 Å². The average Bonchev–Trinajstić information content (AvgIpc) is 3.23. The van der Waals surface area contributed by atoms with E-state index in [9.17, 15) is 4.79 Å². The molecule has 0 fully saturated rings. The van der Waals surface area contributed by atoms with E-state index in [1.165, 1.54) is 0 Å². The number of imidazole rings is 2. The summed E-state index contributed by atoms with van der Waals surface area (Å²) in [5, 5.41) is 2.89. The van der Waals surface area contributed by atoms with Crippen LogP contribution in [-0.4, -0.2) is 31.6 Å². The van der Waals surface area contributed by atoms with Gasteiger partial charge in [0, 0.05) is 36.7 Å². The first-order chi connectivity index (χ1) is 11.3. The Morgan fingerprint density at radius 1 is 1.35 bits per heavy atom. The van der Waals surface area contributed by atoms with E-state index >= 15 is 0 Å². The summed E-state index contributed by atoms with van der Waals surface area (Å²) in [5.74, 6) is 0.814. The van der Waals surface area contributed by atoms with Crippen molar-refractivity contribution >= 4 is 5.91 Å². The maximum Gasteiger partial charge on any atom is 0.251 e. The second-order valence-electron chi connectivity index (χ2n) is 5.53. The Hall–Kier alpha value is -2.89. The molecule has 1 aromatic carbocycles. The van der Waals surface area contributed by atoms with E-state index in [4.69, 9.17) is 0 Å². The van der Waals surface area contributed by atoms with E-state index in [1.54, 1.807) is 12.5 Å². The lowest BCUT2D eigenvalue weighted by Gasteiger charge is -2.18. The molecule has 116 valence electrons. The molecule has 0 unspecified atom stereocenters. The fourth-order valence-electron chi connectivity index (χ4n) is 3.01. The topological polar surface area (TPSA) is 64.7 Å². The Balaban J connectivity index is 1.83. The summed E-state index contributed by atoms with van der Waals surface area (Å²) in [5.41, 5.74) is 3.73. The third kappa shape index (κ3) is 2.23. The molecule has 6 nitrogen and oxygen atoms in total. The molecule has 0 radical (unpaired) electrons. The molecule has 0 aliphatic carbocycles. The Kier molecular flexibility index (Phi) is 3.22. The van der Waals surface area contributed by atoms with Crippen molar-refractivity contribution in [2.45, 2.75) is 19.9 Å². The van der Waals surface area contributed by atoms with Gasteiger partial charge in [-0.05, 0) is 31.0 Å². The number of fused-ring (bicyclic) bond motifs is 1. The first-order valence-corrected chi connectivity index (χ1v) is 7.73. The van der Waals surface area contributed by atoms with Gasteiger partial charge < -0.3 is 9.88 Å². The van der Waals surface area contributed by atoms with Crippen LogP contribution < -0.4 is 5.32 Å². The van der Waals surface area contributed by atoms with Gasteiger partial charge in [-0.15, -0.1) is 0 Å². The fourth-order valence-corrected chi connectivity index (χ4v) is 3.01. The largest absolute Gasteiger partial charge is 0.352 e. The van der Waals surface area contributed by atoms with Crippen LogP contribution in [0.5, 0.6) is 0 Å². The molecule has 0 spiro atoms. The van der Waals surface area contributed by atoms with Crippen molar-refractivity contribution < 1.29 is 4.79 Å². The van der Waals surface area contributed by atoms with Crippen LogP contribution in [0.15, 0.2) is 43.1 Å². The molecule has 23 heavy (non-hydrogen) atoms. The number of amides is 1. The SMILES string of the molecule is CCn1cncc1-c1nccn1-c1ccc2c(c1)C(=O)NCC2. The number of carbonyl (C=O) groups is 1. The van der Waals surface area contributed by atoms with Crippen LogP contribution in [0.3, 0.4) is 0 Å². The van der Waals surface area contributed by atoms with Crippen molar-refractivity contribution in [3.05, 3.63) is 54.2 Å². The van der Waals surface area contributed by atoms with E-state index in [-0.39, 0.29) is 5.91 Å². The van der Waals surface area contributed by atoms with Crippen LogP contribution in [0.1, 0.15) is 22.8 Å². The van der Waals surface area contributed by atoms with Crippen LogP contribution in [0, 0.1) is 0 Å².